The van der Waals surface area contributed by atoms with Crippen LogP contribution in [-0.4, -0.2) is 23.6 Å². The Labute approximate surface area is 82.3 Å². The number of rotatable bonds is 2. The second-order valence-corrected chi connectivity index (χ2v) is 4.09. The van der Waals surface area contributed by atoms with Crippen molar-refractivity contribution in [1.82, 2.24) is 9.47 Å². The van der Waals surface area contributed by atoms with Crippen LogP contribution in [0.15, 0.2) is 16.7 Å². The average Bonchev–Trinajstić information content (AvgIpc) is 2.32. The van der Waals surface area contributed by atoms with Crippen LogP contribution < -0.4 is 0 Å². The van der Waals surface area contributed by atoms with Crippen LogP contribution in [0.3, 0.4) is 0 Å². The summed E-state index contributed by atoms with van der Waals surface area (Å²) in [5, 5.41) is 0. The van der Waals surface area contributed by atoms with Crippen molar-refractivity contribution in [3.8, 4) is 0 Å². The first-order valence-electron chi connectivity index (χ1n) is 4.01. The molecule has 1 unspecified atom stereocenters. The summed E-state index contributed by atoms with van der Waals surface area (Å²) in [6.45, 7) is 2.20. The molecule has 0 radical (unpaired) electrons. The maximum Gasteiger partial charge on any atom is 0.0846 e. The molecule has 0 fully saturated rings. The SMILES string of the molecule is CC(c1ccc(Br)n1C)N(C)C. The normalized spacial score (nSPS) is 13.8. The molecule has 0 amide bonds. The minimum absolute atomic E-state index is 0.460. The highest BCUT2D eigenvalue weighted by atomic mass is 79.9. The van der Waals surface area contributed by atoms with Gasteiger partial charge in [0.2, 0.25) is 0 Å². The van der Waals surface area contributed by atoms with Crippen LogP contribution in [0.4, 0.5) is 0 Å². The lowest BCUT2D eigenvalue weighted by Crippen LogP contribution is -2.19. The van der Waals surface area contributed by atoms with E-state index in [1.807, 2.05) is 0 Å². The standard InChI is InChI=1S/C9H15BrN2/c1-7(11(2)3)8-5-6-9(10)12(8)4/h5-7H,1-4H3. The fourth-order valence-corrected chi connectivity index (χ4v) is 1.52. The van der Waals surface area contributed by atoms with E-state index < -0.39 is 0 Å². The van der Waals surface area contributed by atoms with Gasteiger partial charge in [-0.3, -0.25) is 0 Å². The Morgan fingerprint density at radius 1 is 1.42 bits per heavy atom. The predicted octanol–water partition coefficient (Wildman–Crippen LogP) is 2.41. The lowest BCUT2D eigenvalue weighted by molar-refractivity contribution is 0.309. The molecule has 1 aromatic rings. The lowest BCUT2D eigenvalue weighted by Gasteiger charge is -2.20. The maximum atomic E-state index is 3.48. The van der Waals surface area contributed by atoms with Crippen LogP contribution in [0.1, 0.15) is 18.7 Å². The van der Waals surface area contributed by atoms with Gasteiger partial charge in [-0.2, -0.15) is 0 Å². The van der Waals surface area contributed by atoms with E-state index in [1.165, 1.54) is 5.69 Å². The molecule has 0 aliphatic rings. The largest absolute Gasteiger partial charge is 0.341 e. The van der Waals surface area contributed by atoms with Crippen molar-refractivity contribution in [1.29, 1.82) is 0 Å². The number of nitrogens with zero attached hydrogens (tertiary/aromatic N) is 2. The van der Waals surface area contributed by atoms with Gasteiger partial charge in [0.15, 0.2) is 0 Å². The van der Waals surface area contributed by atoms with Gasteiger partial charge in [0, 0.05) is 18.8 Å². The fraction of sp³-hybridized carbons (Fsp3) is 0.556. The molecule has 0 bridgehead atoms. The van der Waals surface area contributed by atoms with Gasteiger partial charge >= 0.3 is 0 Å². The van der Waals surface area contributed by atoms with Crippen LogP contribution in [0.2, 0.25) is 0 Å². The second kappa shape index (κ2) is 3.62. The van der Waals surface area contributed by atoms with E-state index in [0.717, 1.165) is 4.60 Å². The van der Waals surface area contributed by atoms with Crippen molar-refractivity contribution in [3.05, 3.63) is 22.4 Å². The molecule has 3 heteroatoms. The summed E-state index contributed by atoms with van der Waals surface area (Å²) in [7, 11) is 6.25. The van der Waals surface area contributed by atoms with E-state index in [4.69, 9.17) is 0 Å². The third-order valence-electron chi connectivity index (χ3n) is 2.30. The average molecular weight is 231 g/mol. The second-order valence-electron chi connectivity index (χ2n) is 3.28. The molecule has 0 saturated heterocycles. The Hall–Kier alpha value is -0.280. The highest BCUT2D eigenvalue weighted by Gasteiger charge is 2.11. The zero-order valence-corrected chi connectivity index (χ0v) is 9.59. The van der Waals surface area contributed by atoms with E-state index >= 15 is 0 Å². The number of aromatic nitrogens is 1. The highest BCUT2D eigenvalue weighted by Crippen LogP contribution is 2.22. The van der Waals surface area contributed by atoms with Crippen molar-refractivity contribution >= 4 is 15.9 Å². The molecular formula is C9H15BrN2. The summed E-state index contributed by atoms with van der Waals surface area (Å²) in [6.07, 6.45) is 0. The maximum absolute atomic E-state index is 3.48. The molecule has 0 aliphatic heterocycles. The first kappa shape index (κ1) is 9.81. The molecule has 1 atom stereocenters. The van der Waals surface area contributed by atoms with E-state index in [2.05, 4.69) is 65.6 Å². The Kier molecular flexibility index (Phi) is 2.96. The van der Waals surface area contributed by atoms with Gasteiger partial charge in [-0.15, -0.1) is 0 Å². The first-order chi connectivity index (χ1) is 5.54. The molecule has 1 aromatic heterocycles. The minimum Gasteiger partial charge on any atom is -0.341 e. The topological polar surface area (TPSA) is 8.17 Å². The summed E-state index contributed by atoms with van der Waals surface area (Å²) in [6, 6.07) is 4.69. The summed E-state index contributed by atoms with van der Waals surface area (Å²) in [5.74, 6) is 0. The molecule has 0 aliphatic carbocycles. The molecule has 68 valence electrons. The van der Waals surface area contributed by atoms with Crippen molar-refractivity contribution in [2.75, 3.05) is 14.1 Å². The Morgan fingerprint density at radius 3 is 2.33 bits per heavy atom. The molecule has 0 N–H and O–H groups in total. The van der Waals surface area contributed by atoms with Crippen LogP contribution in [0, 0.1) is 0 Å². The molecular weight excluding hydrogens is 216 g/mol. The monoisotopic (exact) mass is 230 g/mol. The Balaban J connectivity index is 2.95. The van der Waals surface area contributed by atoms with Gasteiger partial charge in [0.05, 0.1) is 4.60 Å². The van der Waals surface area contributed by atoms with Crippen molar-refractivity contribution < 1.29 is 0 Å². The van der Waals surface area contributed by atoms with Crippen LogP contribution in [-0.2, 0) is 7.05 Å². The van der Waals surface area contributed by atoms with E-state index in [1.54, 1.807) is 0 Å². The number of hydrogen-bond acceptors (Lipinski definition) is 1. The predicted molar refractivity (Wildman–Crippen MR) is 55.2 cm³/mol. The number of halogens is 1. The van der Waals surface area contributed by atoms with Crippen LogP contribution in [0.5, 0.6) is 0 Å². The van der Waals surface area contributed by atoms with Crippen LogP contribution in [0.25, 0.3) is 0 Å². The van der Waals surface area contributed by atoms with E-state index in [0.29, 0.717) is 6.04 Å². The van der Waals surface area contributed by atoms with Crippen LogP contribution >= 0.6 is 15.9 Å². The molecule has 2 nitrogen and oxygen atoms in total. The smallest absolute Gasteiger partial charge is 0.0846 e. The third kappa shape index (κ3) is 1.72. The fourth-order valence-electron chi connectivity index (χ4n) is 1.19. The van der Waals surface area contributed by atoms with Crippen molar-refractivity contribution in [3.63, 3.8) is 0 Å². The van der Waals surface area contributed by atoms with Gasteiger partial charge < -0.3 is 9.47 Å². The summed E-state index contributed by atoms with van der Waals surface area (Å²) in [5.41, 5.74) is 1.33. The van der Waals surface area contributed by atoms with Gasteiger partial charge in [0.25, 0.3) is 0 Å². The van der Waals surface area contributed by atoms with Gasteiger partial charge in [-0.1, -0.05) is 0 Å². The Morgan fingerprint density at radius 2 is 2.00 bits per heavy atom. The minimum atomic E-state index is 0.460. The van der Waals surface area contributed by atoms with Gasteiger partial charge in [-0.05, 0) is 49.1 Å². The molecule has 0 aromatic carbocycles. The van der Waals surface area contributed by atoms with Crippen molar-refractivity contribution in [2.24, 2.45) is 7.05 Å². The molecule has 0 saturated carbocycles. The van der Waals surface area contributed by atoms with Gasteiger partial charge in [-0.25, -0.2) is 0 Å². The zero-order valence-electron chi connectivity index (χ0n) is 8.00. The van der Waals surface area contributed by atoms with E-state index in [-0.39, 0.29) is 0 Å². The zero-order chi connectivity index (χ0) is 9.30. The quantitative estimate of drug-likeness (QED) is 0.758. The molecule has 1 heterocycles. The van der Waals surface area contributed by atoms with E-state index in [9.17, 15) is 0 Å². The molecule has 1 rings (SSSR count). The first-order valence-corrected chi connectivity index (χ1v) is 4.81. The molecule has 0 spiro atoms. The highest BCUT2D eigenvalue weighted by molar-refractivity contribution is 9.10. The summed E-state index contributed by atoms with van der Waals surface area (Å²) in [4.78, 5) is 2.20. The lowest BCUT2D eigenvalue weighted by atomic mass is 10.2. The third-order valence-corrected chi connectivity index (χ3v) is 3.10. The Bertz CT molecular complexity index is 265. The summed E-state index contributed by atoms with van der Waals surface area (Å²) < 4.78 is 3.29. The summed E-state index contributed by atoms with van der Waals surface area (Å²) >= 11 is 3.48. The van der Waals surface area contributed by atoms with Gasteiger partial charge in [0.1, 0.15) is 0 Å². The number of hydrogen-bond donors (Lipinski definition) is 0. The van der Waals surface area contributed by atoms with Crippen molar-refractivity contribution in [2.45, 2.75) is 13.0 Å². The molecule has 12 heavy (non-hydrogen) atoms.